The van der Waals surface area contributed by atoms with E-state index in [1.165, 1.54) is 4.90 Å². The number of nitrogens with zero attached hydrogens (tertiary/aromatic N) is 2. The normalized spacial score (nSPS) is 15.0. The number of carbonyl (C=O) groups is 1. The minimum atomic E-state index is -0.742. The van der Waals surface area contributed by atoms with Crippen LogP contribution in [-0.2, 0) is 0 Å². The summed E-state index contributed by atoms with van der Waals surface area (Å²) in [5.41, 5.74) is 1.69. The van der Waals surface area contributed by atoms with Crippen LogP contribution in [-0.4, -0.2) is 17.5 Å². The van der Waals surface area contributed by atoms with Gasteiger partial charge in [0.1, 0.15) is 23.8 Å². The SMILES string of the molecule is C=CCOc1cccc(C2c3c(oc4ccc(Cl)cc4c3=O)C(=O)N2c2cccc(C)n2)c1. The number of amides is 1. The van der Waals surface area contributed by atoms with Crippen molar-refractivity contribution >= 4 is 34.3 Å². The highest BCUT2D eigenvalue weighted by molar-refractivity contribution is 6.31. The van der Waals surface area contributed by atoms with Crippen molar-refractivity contribution < 1.29 is 13.9 Å². The highest BCUT2D eigenvalue weighted by Crippen LogP contribution is 2.41. The van der Waals surface area contributed by atoms with Gasteiger partial charge in [0.05, 0.1) is 17.0 Å². The number of pyridine rings is 1. The summed E-state index contributed by atoms with van der Waals surface area (Å²) >= 11 is 6.14. The summed E-state index contributed by atoms with van der Waals surface area (Å²) in [6, 6.07) is 16.7. The van der Waals surface area contributed by atoms with Gasteiger partial charge in [-0.05, 0) is 55.0 Å². The maximum absolute atomic E-state index is 13.6. The Labute approximate surface area is 194 Å². The summed E-state index contributed by atoms with van der Waals surface area (Å²) in [6.45, 7) is 5.85. The third-order valence-electron chi connectivity index (χ3n) is 5.49. The van der Waals surface area contributed by atoms with Crippen molar-refractivity contribution in [3.05, 3.63) is 111 Å². The number of carbonyl (C=O) groups excluding carboxylic acids is 1. The molecule has 1 amide bonds. The molecule has 0 bridgehead atoms. The number of hydrogen-bond donors (Lipinski definition) is 0. The number of anilines is 1. The molecular formula is C26H19ClN2O4. The second-order valence-corrected chi connectivity index (χ2v) is 8.14. The van der Waals surface area contributed by atoms with Gasteiger partial charge in [0, 0.05) is 10.7 Å². The summed E-state index contributed by atoms with van der Waals surface area (Å²) in [7, 11) is 0. The van der Waals surface area contributed by atoms with E-state index >= 15 is 0 Å². The van der Waals surface area contributed by atoms with Gasteiger partial charge in [-0.3, -0.25) is 14.5 Å². The molecule has 0 radical (unpaired) electrons. The number of aromatic nitrogens is 1. The first kappa shape index (κ1) is 21.0. The van der Waals surface area contributed by atoms with Gasteiger partial charge in [-0.25, -0.2) is 4.98 Å². The molecule has 3 heterocycles. The van der Waals surface area contributed by atoms with E-state index < -0.39 is 11.9 Å². The van der Waals surface area contributed by atoms with Crippen LogP contribution in [0.1, 0.15) is 33.4 Å². The summed E-state index contributed by atoms with van der Waals surface area (Å²) in [4.78, 5) is 33.3. The van der Waals surface area contributed by atoms with Crippen LogP contribution in [0.25, 0.3) is 11.0 Å². The van der Waals surface area contributed by atoms with E-state index in [1.54, 1.807) is 36.4 Å². The van der Waals surface area contributed by atoms with E-state index in [-0.39, 0.29) is 16.8 Å². The predicted octanol–water partition coefficient (Wildman–Crippen LogP) is 5.46. The molecular weight excluding hydrogens is 440 g/mol. The van der Waals surface area contributed by atoms with Crippen molar-refractivity contribution in [3.63, 3.8) is 0 Å². The summed E-state index contributed by atoms with van der Waals surface area (Å²) in [5.74, 6) is 0.592. The maximum Gasteiger partial charge on any atom is 0.296 e. The Bertz CT molecular complexity index is 1480. The van der Waals surface area contributed by atoms with Crippen molar-refractivity contribution in [3.8, 4) is 5.75 Å². The van der Waals surface area contributed by atoms with Crippen LogP contribution in [0.3, 0.4) is 0 Å². The largest absolute Gasteiger partial charge is 0.490 e. The van der Waals surface area contributed by atoms with E-state index in [0.717, 1.165) is 5.69 Å². The minimum Gasteiger partial charge on any atom is -0.490 e. The van der Waals surface area contributed by atoms with Gasteiger partial charge in [0.15, 0.2) is 5.43 Å². The molecule has 0 fully saturated rings. The number of benzene rings is 2. The lowest BCUT2D eigenvalue weighted by Gasteiger charge is -2.24. The molecule has 5 rings (SSSR count). The molecule has 2 aromatic carbocycles. The molecule has 0 spiro atoms. The van der Waals surface area contributed by atoms with Crippen molar-refractivity contribution in [2.45, 2.75) is 13.0 Å². The molecule has 1 atom stereocenters. The molecule has 164 valence electrons. The predicted molar refractivity (Wildman–Crippen MR) is 127 cm³/mol. The van der Waals surface area contributed by atoms with Crippen LogP contribution in [0, 0.1) is 6.92 Å². The number of halogens is 1. The van der Waals surface area contributed by atoms with E-state index in [2.05, 4.69) is 11.6 Å². The lowest BCUT2D eigenvalue weighted by molar-refractivity contribution is 0.0970. The Morgan fingerprint density at radius 2 is 1.97 bits per heavy atom. The molecule has 0 aliphatic carbocycles. The fraction of sp³-hybridized carbons (Fsp3) is 0.115. The molecule has 1 aliphatic rings. The Morgan fingerprint density at radius 1 is 1.15 bits per heavy atom. The monoisotopic (exact) mass is 458 g/mol. The zero-order valence-electron chi connectivity index (χ0n) is 17.7. The molecule has 33 heavy (non-hydrogen) atoms. The first-order chi connectivity index (χ1) is 16.0. The highest BCUT2D eigenvalue weighted by atomic mass is 35.5. The van der Waals surface area contributed by atoms with E-state index in [1.807, 2.05) is 37.3 Å². The fourth-order valence-electron chi connectivity index (χ4n) is 4.09. The molecule has 4 aromatic rings. The Hall–Kier alpha value is -3.90. The van der Waals surface area contributed by atoms with Gasteiger partial charge in [-0.15, -0.1) is 0 Å². The standard InChI is InChI=1S/C26H19ClN2O4/c1-3-12-32-18-8-5-7-16(13-18)23-22-24(30)19-14-17(27)10-11-20(19)33-25(22)26(31)29(23)21-9-4-6-15(2)28-21/h3-11,13-14,23H,1,12H2,2H3. The zero-order chi connectivity index (χ0) is 23.1. The van der Waals surface area contributed by atoms with Crippen LogP contribution in [0.5, 0.6) is 5.75 Å². The van der Waals surface area contributed by atoms with E-state index in [9.17, 15) is 9.59 Å². The second-order valence-electron chi connectivity index (χ2n) is 7.70. The smallest absolute Gasteiger partial charge is 0.296 e. The van der Waals surface area contributed by atoms with E-state index in [0.29, 0.717) is 39.7 Å². The minimum absolute atomic E-state index is 0.000501. The van der Waals surface area contributed by atoms with Gasteiger partial charge in [-0.1, -0.05) is 42.5 Å². The molecule has 0 saturated heterocycles. The molecule has 1 aliphatic heterocycles. The summed E-state index contributed by atoms with van der Waals surface area (Å²) in [6.07, 6.45) is 1.65. The van der Waals surface area contributed by atoms with Crippen LogP contribution in [0.2, 0.25) is 5.02 Å². The van der Waals surface area contributed by atoms with E-state index in [4.69, 9.17) is 20.8 Å². The number of rotatable bonds is 5. The van der Waals surface area contributed by atoms with Crippen molar-refractivity contribution in [2.24, 2.45) is 0 Å². The van der Waals surface area contributed by atoms with Crippen LogP contribution in [0.4, 0.5) is 5.82 Å². The van der Waals surface area contributed by atoms with Crippen molar-refractivity contribution in [2.75, 3.05) is 11.5 Å². The number of hydrogen-bond acceptors (Lipinski definition) is 5. The third kappa shape index (κ3) is 3.58. The fourth-order valence-corrected chi connectivity index (χ4v) is 4.26. The van der Waals surface area contributed by atoms with Crippen LogP contribution >= 0.6 is 11.6 Å². The Kier molecular flexibility index (Phi) is 5.23. The average molecular weight is 459 g/mol. The van der Waals surface area contributed by atoms with Gasteiger partial charge in [-0.2, -0.15) is 0 Å². The zero-order valence-corrected chi connectivity index (χ0v) is 18.5. The van der Waals surface area contributed by atoms with Crippen LogP contribution < -0.4 is 15.1 Å². The first-order valence-corrected chi connectivity index (χ1v) is 10.7. The van der Waals surface area contributed by atoms with Gasteiger partial charge in [0.2, 0.25) is 5.76 Å². The first-order valence-electron chi connectivity index (χ1n) is 10.3. The van der Waals surface area contributed by atoms with Gasteiger partial charge >= 0.3 is 0 Å². The topological polar surface area (TPSA) is 72.6 Å². The molecule has 0 saturated carbocycles. The summed E-state index contributed by atoms with van der Waals surface area (Å²) in [5, 5.41) is 0.727. The molecule has 2 aromatic heterocycles. The number of fused-ring (bicyclic) bond motifs is 2. The molecule has 0 N–H and O–H groups in total. The van der Waals surface area contributed by atoms with Crippen molar-refractivity contribution in [1.29, 1.82) is 0 Å². The van der Waals surface area contributed by atoms with Gasteiger partial charge in [0.25, 0.3) is 5.91 Å². The lowest BCUT2D eigenvalue weighted by atomic mass is 9.98. The number of aryl methyl sites for hydroxylation is 1. The summed E-state index contributed by atoms with van der Waals surface area (Å²) < 4.78 is 11.6. The number of ether oxygens (including phenoxy) is 1. The average Bonchev–Trinajstić information content (AvgIpc) is 3.11. The lowest BCUT2D eigenvalue weighted by Crippen LogP contribution is -2.30. The Balaban J connectivity index is 1.78. The molecule has 7 heteroatoms. The molecule has 6 nitrogen and oxygen atoms in total. The molecule has 1 unspecified atom stereocenters. The van der Waals surface area contributed by atoms with Crippen LogP contribution in [0.15, 0.2) is 82.5 Å². The Morgan fingerprint density at radius 3 is 2.76 bits per heavy atom. The highest BCUT2D eigenvalue weighted by Gasteiger charge is 2.44. The third-order valence-corrected chi connectivity index (χ3v) is 5.73. The van der Waals surface area contributed by atoms with Gasteiger partial charge < -0.3 is 9.15 Å². The quantitative estimate of drug-likeness (QED) is 0.371. The second kappa shape index (κ2) is 8.22. The van der Waals surface area contributed by atoms with Crippen molar-refractivity contribution in [1.82, 2.24) is 4.98 Å². The maximum atomic E-state index is 13.6.